The lowest BCUT2D eigenvalue weighted by Gasteiger charge is -2.32. The van der Waals surface area contributed by atoms with E-state index in [-0.39, 0.29) is 5.91 Å². The number of rotatable bonds is 7. The number of hydroxylamine groups is 1. The minimum absolute atomic E-state index is 0.00571. The van der Waals surface area contributed by atoms with Crippen LogP contribution in [0.2, 0.25) is 0 Å². The van der Waals surface area contributed by atoms with Gasteiger partial charge in [0.25, 0.3) is 11.8 Å². The zero-order valence-electron chi connectivity index (χ0n) is 20.4. The molecule has 0 radical (unpaired) electrons. The number of carbonyl (C=O) groups excluding carboxylic acids is 3. The monoisotopic (exact) mass is 489 g/mol. The fourth-order valence-corrected chi connectivity index (χ4v) is 4.82. The predicted octanol–water partition coefficient (Wildman–Crippen LogP) is 2.98. The van der Waals surface area contributed by atoms with E-state index in [1.54, 1.807) is 25.1 Å². The molecule has 8 nitrogen and oxygen atoms in total. The van der Waals surface area contributed by atoms with Crippen LogP contribution in [0.5, 0.6) is 0 Å². The molecule has 0 bridgehead atoms. The zero-order chi connectivity index (χ0) is 25.3. The van der Waals surface area contributed by atoms with Crippen molar-refractivity contribution in [3.8, 4) is 0 Å². The molecular weight excluding hydrogens is 458 g/mol. The Morgan fingerprint density at radius 1 is 1.08 bits per heavy atom. The fraction of sp³-hybridized carbons (Fsp3) is 0.393. The molecule has 2 fully saturated rings. The third-order valence-corrected chi connectivity index (χ3v) is 7.33. The van der Waals surface area contributed by atoms with E-state index in [0.717, 1.165) is 32.4 Å². The van der Waals surface area contributed by atoms with E-state index in [1.165, 1.54) is 5.56 Å². The smallest absolute Gasteiger partial charge is 0.346 e. The van der Waals surface area contributed by atoms with Gasteiger partial charge < -0.3 is 15.4 Å². The Kier molecular flexibility index (Phi) is 6.30. The van der Waals surface area contributed by atoms with E-state index >= 15 is 0 Å². The molecule has 3 aliphatic rings. The van der Waals surface area contributed by atoms with Gasteiger partial charge in [-0.2, -0.15) is 0 Å². The van der Waals surface area contributed by atoms with Gasteiger partial charge in [-0.05, 0) is 55.9 Å². The zero-order valence-corrected chi connectivity index (χ0v) is 20.4. The molecule has 2 aliphatic heterocycles. The lowest BCUT2D eigenvalue weighted by atomic mass is 9.90. The molecule has 36 heavy (non-hydrogen) atoms. The number of hydrogen-bond donors (Lipinski definition) is 2. The molecule has 188 valence electrons. The standard InChI is InChI=1S/C28H31N3O5/c1-27(26(34)35-28(12-13-28)25(29)33)18-23(30-36-27)21-8-5-9-22(17-21)24(32)31-14-10-20(11-15-31)16-19-6-3-2-4-7-19/h2-9,17-18,20,30H,10-16H2,1H3,(H2,29,33). The van der Waals surface area contributed by atoms with Crippen molar-refractivity contribution < 1.29 is 24.0 Å². The molecule has 2 aromatic rings. The van der Waals surface area contributed by atoms with Crippen LogP contribution in [-0.4, -0.2) is 47.0 Å². The summed E-state index contributed by atoms with van der Waals surface area (Å²) in [6.45, 7) is 3.02. The first-order valence-corrected chi connectivity index (χ1v) is 12.4. The van der Waals surface area contributed by atoms with Crippen LogP contribution < -0.4 is 11.2 Å². The van der Waals surface area contributed by atoms with E-state index in [1.807, 2.05) is 23.1 Å². The van der Waals surface area contributed by atoms with Crippen LogP contribution in [0.25, 0.3) is 5.70 Å². The Bertz CT molecular complexity index is 1200. The van der Waals surface area contributed by atoms with Gasteiger partial charge in [0.1, 0.15) is 0 Å². The van der Waals surface area contributed by atoms with Gasteiger partial charge >= 0.3 is 5.97 Å². The number of nitrogens with zero attached hydrogens (tertiary/aromatic N) is 1. The quantitative estimate of drug-likeness (QED) is 0.579. The molecular formula is C28H31N3O5. The second kappa shape index (κ2) is 9.43. The first-order valence-electron chi connectivity index (χ1n) is 12.4. The first kappa shape index (κ1) is 24.1. The molecule has 0 spiro atoms. The third-order valence-electron chi connectivity index (χ3n) is 7.33. The molecule has 0 aromatic heterocycles. The highest BCUT2D eigenvalue weighted by Crippen LogP contribution is 2.41. The van der Waals surface area contributed by atoms with Crippen molar-refractivity contribution in [2.24, 2.45) is 11.7 Å². The number of hydrogen-bond acceptors (Lipinski definition) is 6. The van der Waals surface area contributed by atoms with Gasteiger partial charge in [0, 0.05) is 37.1 Å². The van der Waals surface area contributed by atoms with E-state index in [0.29, 0.717) is 35.6 Å². The summed E-state index contributed by atoms with van der Waals surface area (Å²) in [5.74, 6) is -0.764. The van der Waals surface area contributed by atoms with Crippen LogP contribution in [-0.2, 0) is 25.6 Å². The van der Waals surface area contributed by atoms with Crippen molar-refractivity contribution >= 4 is 23.5 Å². The number of primary amides is 1. The second-order valence-electron chi connectivity index (χ2n) is 10.1. The third kappa shape index (κ3) is 4.86. The average molecular weight is 490 g/mol. The summed E-state index contributed by atoms with van der Waals surface area (Å²) in [7, 11) is 0. The molecule has 2 amide bonds. The van der Waals surface area contributed by atoms with Gasteiger partial charge in [-0.25, -0.2) is 4.79 Å². The van der Waals surface area contributed by atoms with E-state index in [9.17, 15) is 14.4 Å². The molecule has 1 aliphatic carbocycles. The molecule has 1 unspecified atom stereocenters. The Balaban J connectivity index is 1.22. The van der Waals surface area contributed by atoms with Crippen LogP contribution in [0.4, 0.5) is 0 Å². The number of nitrogens with two attached hydrogens (primary N) is 1. The van der Waals surface area contributed by atoms with Crippen molar-refractivity contribution in [2.45, 2.75) is 50.2 Å². The summed E-state index contributed by atoms with van der Waals surface area (Å²) in [6.07, 6.45) is 5.44. The van der Waals surface area contributed by atoms with Crippen LogP contribution in [0.1, 0.15) is 54.1 Å². The number of benzene rings is 2. The Hall–Kier alpha value is -3.65. The number of carbonyl (C=O) groups is 3. The summed E-state index contributed by atoms with van der Waals surface area (Å²) < 4.78 is 5.39. The molecule has 1 atom stereocenters. The van der Waals surface area contributed by atoms with E-state index in [4.69, 9.17) is 15.3 Å². The highest BCUT2D eigenvalue weighted by Gasteiger charge is 2.55. The lowest BCUT2D eigenvalue weighted by Crippen LogP contribution is -2.44. The molecule has 5 rings (SSSR count). The van der Waals surface area contributed by atoms with Gasteiger partial charge in [0.05, 0.1) is 5.70 Å². The van der Waals surface area contributed by atoms with Crippen molar-refractivity contribution in [3.05, 3.63) is 77.4 Å². The summed E-state index contributed by atoms with van der Waals surface area (Å²) >= 11 is 0. The predicted molar refractivity (Wildman–Crippen MR) is 133 cm³/mol. The number of likely N-dealkylation sites (tertiary alicyclic amines) is 1. The number of ether oxygens (including phenoxy) is 1. The van der Waals surface area contributed by atoms with Crippen molar-refractivity contribution in [1.82, 2.24) is 10.4 Å². The maximum absolute atomic E-state index is 13.2. The van der Waals surface area contributed by atoms with Crippen molar-refractivity contribution in [2.75, 3.05) is 13.1 Å². The Labute approximate surface area is 210 Å². The van der Waals surface area contributed by atoms with E-state index in [2.05, 4.69) is 29.7 Å². The van der Waals surface area contributed by atoms with Gasteiger partial charge in [0.15, 0.2) is 5.60 Å². The lowest BCUT2D eigenvalue weighted by molar-refractivity contribution is -0.176. The minimum atomic E-state index is -1.42. The molecule has 3 N–H and O–H groups in total. The Morgan fingerprint density at radius 2 is 1.81 bits per heavy atom. The second-order valence-corrected chi connectivity index (χ2v) is 10.1. The number of amides is 2. The molecule has 2 heterocycles. The van der Waals surface area contributed by atoms with Crippen molar-refractivity contribution in [3.63, 3.8) is 0 Å². The normalized spacial score (nSPS) is 22.9. The summed E-state index contributed by atoms with van der Waals surface area (Å²) in [4.78, 5) is 45.0. The largest absolute Gasteiger partial charge is 0.446 e. The Morgan fingerprint density at radius 3 is 2.47 bits per heavy atom. The highest BCUT2D eigenvalue weighted by atomic mass is 16.7. The van der Waals surface area contributed by atoms with Crippen LogP contribution in [0.3, 0.4) is 0 Å². The maximum atomic E-state index is 13.2. The number of nitrogens with one attached hydrogen (secondary N) is 1. The van der Waals surface area contributed by atoms with Crippen molar-refractivity contribution in [1.29, 1.82) is 0 Å². The molecule has 8 heteroatoms. The molecule has 2 aromatic carbocycles. The topological polar surface area (TPSA) is 111 Å². The van der Waals surface area contributed by atoms with Crippen LogP contribution >= 0.6 is 0 Å². The maximum Gasteiger partial charge on any atom is 0.346 e. The summed E-state index contributed by atoms with van der Waals surface area (Å²) in [6, 6.07) is 17.7. The van der Waals surface area contributed by atoms with Gasteiger partial charge in [-0.1, -0.05) is 42.5 Å². The fourth-order valence-electron chi connectivity index (χ4n) is 4.82. The summed E-state index contributed by atoms with van der Waals surface area (Å²) in [5.41, 5.74) is 8.69. The average Bonchev–Trinajstić information content (AvgIpc) is 3.57. The number of esters is 1. The SMILES string of the molecule is CC1(C(=O)OC2(C(N)=O)CC2)C=C(c2cccc(C(=O)N3CCC(Cc4ccccc4)CC3)c2)NO1. The van der Waals surface area contributed by atoms with Crippen LogP contribution in [0.15, 0.2) is 60.7 Å². The van der Waals surface area contributed by atoms with E-state index < -0.39 is 23.1 Å². The molecule has 1 saturated carbocycles. The van der Waals surface area contributed by atoms with Crippen LogP contribution in [0, 0.1) is 5.92 Å². The van der Waals surface area contributed by atoms with Gasteiger partial charge in [-0.15, -0.1) is 0 Å². The molecule has 1 saturated heterocycles. The van der Waals surface area contributed by atoms with Gasteiger partial charge in [0.2, 0.25) is 5.60 Å². The minimum Gasteiger partial charge on any atom is -0.446 e. The van der Waals surface area contributed by atoms with Gasteiger partial charge in [-0.3, -0.25) is 19.9 Å². The highest BCUT2D eigenvalue weighted by molar-refractivity contribution is 5.96. The summed E-state index contributed by atoms with van der Waals surface area (Å²) in [5, 5.41) is 0. The number of piperidine rings is 1. The first-order chi connectivity index (χ1) is 17.3.